The molecule has 2 atom stereocenters. The van der Waals surface area contributed by atoms with Crippen LogP contribution in [0.2, 0.25) is 0 Å². The third-order valence-electron chi connectivity index (χ3n) is 5.73. The first-order valence-electron chi connectivity index (χ1n) is 9.13. The second kappa shape index (κ2) is 7.05. The van der Waals surface area contributed by atoms with Gasteiger partial charge in [-0.3, -0.25) is 0 Å². The predicted molar refractivity (Wildman–Crippen MR) is 105 cm³/mol. The van der Waals surface area contributed by atoms with Crippen molar-refractivity contribution in [2.45, 2.75) is 19.3 Å². The molecule has 5 rings (SSSR count). The second-order valence-corrected chi connectivity index (χ2v) is 7.25. The molecule has 0 saturated heterocycles. The van der Waals surface area contributed by atoms with Gasteiger partial charge in [-0.05, 0) is 34.6 Å². The van der Waals surface area contributed by atoms with E-state index in [0.717, 1.165) is 6.42 Å². The van der Waals surface area contributed by atoms with Crippen LogP contribution in [0.5, 0.6) is 0 Å². The van der Waals surface area contributed by atoms with Gasteiger partial charge >= 0.3 is 0 Å². The Kier molecular flexibility index (Phi) is 4.76. The number of rotatable bonds is 3. The molecule has 0 spiro atoms. The van der Waals surface area contributed by atoms with Crippen LogP contribution in [0.3, 0.4) is 0 Å². The average Bonchev–Trinajstić information content (AvgIpc) is 3.24. The number of hydrogen-bond acceptors (Lipinski definition) is 0. The van der Waals surface area contributed by atoms with Gasteiger partial charge in [0.2, 0.25) is 0 Å². The third-order valence-corrected chi connectivity index (χ3v) is 5.73. The zero-order valence-electron chi connectivity index (χ0n) is 14.9. The molecule has 0 saturated carbocycles. The van der Waals surface area contributed by atoms with Crippen LogP contribution in [0, 0.1) is 12.3 Å². The van der Waals surface area contributed by atoms with Crippen LogP contribution in [0.1, 0.15) is 40.7 Å². The summed E-state index contributed by atoms with van der Waals surface area (Å²) in [4.78, 5) is 0. The largest absolute Gasteiger partial charge is 0.188 e. The molecule has 0 radical (unpaired) electrons. The van der Waals surface area contributed by atoms with Gasteiger partial charge < -0.3 is 0 Å². The van der Waals surface area contributed by atoms with E-state index in [9.17, 15) is 0 Å². The Labute approximate surface area is 175 Å². The van der Waals surface area contributed by atoms with Crippen LogP contribution in [0.25, 0.3) is 17.2 Å². The summed E-state index contributed by atoms with van der Waals surface area (Å²) in [5.41, 5.74) is 10.0. The van der Waals surface area contributed by atoms with Crippen molar-refractivity contribution < 1.29 is 26.2 Å². The van der Waals surface area contributed by atoms with Crippen LogP contribution < -0.4 is 0 Å². The summed E-state index contributed by atoms with van der Waals surface area (Å²) >= 11 is 0. The van der Waals surface area contributed by atoms with Crippen molar-refractivity contribution in [1.82, 2.24) is 0 Å². The minimum atomic E-state index is 0. The molecule has 126 valence electrons. The Bertz CT molecular complexity index is 983. The molecule has 0 fully saturated rings. The molecule has 0 amide bonds. The van der Waals surface area contributed by atoms with Crippen LogP contribution in [-0.4, -0.2) is 0 Å². The van der Waals surface area contributed by atoms with E-state index >= 15 is 0 Å². The summed E-state index contributed by atoms with van der Waals surface area (Å²) < 4.78 is 0. The third kappa shape index (κ3) is 2.83. The molecule has 0 bridgehead atoms. The molecule has 0 N–H and O–H groups in total. The maximum Gasteiger partial charge on any atom is 0 e. The van der Waals surface area contributed by atoms with Gasteiger partial charge in [0.25, 0.3) is 0 Å². The van der Waals surface area contributed by atoms with Crippen molar-refractivity contribution in [2.75, 3.05) is 0 Å². The van der Waals surface area contributed by atoms with E-state index in [2.05, 4.69) is 92.2 Å². The van der Waals surface area contributed by atoms with Crippen LogP contribution >= 0.6 is 0 Å². The Morgan fingerprint density at radius 3 is 2.58 bits per heavy atom. The predicted octanol–water partition coefficient (Wildman–Crippen LogP) is 6.25. The summed E-state index contributed by atoms with van der Waals surface area (Å²) in [5.74, 6) is 0.964. The molecular formula is C25H21Zr-. The second-order valence-electron chi connectivity index (χ2n) is 7.25. The van der Waals surface area contributed by atoms with E-state index in [1.807, 2.05) is 0 Å². The van der Waals surface area contributed by atoms with Crippen LogP contribution in [0.4, 0.5) is 0 Å². The molecule has 0 nitrogen and oxygen atoms in total. The fourth-order valence-electron chi connectivity index (χ4n) is 4.46. The zero-order chi connectivity index (χ0) is 16.8. The van der Waals surface area contributed by atoms with Crippen molar-refractivity contribution in [2.24, 2.45) is 5.92 Å². The summed E-state index contributed by atoms with van der Waals surface area (Å²) in [6.07, 6.45) is 8.17. The molecule has 2 aliphatic rings. The Morgan fingerprint density at radius 2 is 1.65 bits per heavy atom. The fourth-order valence-corrected chi connectivity index (χ4v) is 4.46. The molecule has 2 aliphatic carbocycles. The summed E-state index contributed by atoms with van der Waals surface area (Å²) in [5, 5.41) is 0. The van der Waals surface area contributed by atoms with Gasteiger partial charge in [-0.15, -0.1) is 11.6 Å². The number of benzene rings is 3. The molecule has 1 heteroatoms. The van der Waals surface area contributed by atoms with Gasteiger partial charge in [0.05, 0.1) is 0 Å². The molecule has 2 unspecified atom stereocenters. The van der Waals surface area contributed by atoms with E-state index in [-0.39, 0.29) is 26.2 Å². The number of fused-ring (bicyclic) bond motifs is 4. The van der Waals surface area contributed by atoms with E-state index in [1.165, 1.54) is 38.9 Å². The normalized spacial score (nSPS) is 17.0. The van der Waals surface area contributed by atoms with E-state index in [1.54, 1.807) is 0 Å². The number of allylic oxidation sites excluding steroid dienone is 1. The van der Waals surface area contributed by atoms with Crippen molar-refractivity contribution >= 4 is 6.08 Å². The summed E-state index contributed by atoms with van der Waals surface area (Å²) in [6.45, 7) is 2.35. The van der Waals surface area contributed by atoms with Crippen LogP contribution in [-0.2, 0) is 32.6 Å². The van der Waals surface area contributed by atoms with Crippen molar-refractivity contribution in [1.29, 1.82) is 0 Å². The first-order chi connectivity index (χ1) is 12.3. The molecule has 0 aliphatic heterocycles. The first kappa shape index (κ1) is 17.6. The summed E-state index contributed by atoms with van der Waals surface area (Å²) in [6, 6.07) is 24.3. The fraction of sp³-hybridized carbons (Fsp3) is 0.160. The van der Waals surface area contributed by atoms with Gasteiger partial charge in [-0.1, -0.05) is 85.2 Å². The minimum Gasteiger partial charge on any atom is -0.188 e. The minimum absolute atomic E-state index is 0. The quantitative estimate of drug-likeness (QED) is 0.349. The number of hydrogen-bond donors (Lipinski definition) is 0. The standard InChI is InChI=1S/C25H21.Zr/c1-17(21-14-13-18-7-2-4-10-22(18)21)15-19-9-6-12-24-23-11-5-3-8-20(23)16-25(19)24;/h2-15,17,21H,16H2,1H3;/q-1;. The maximum absolute atomic E-state index is 2.47. The Balaban J connectivity index is 0.00000168. The maximum atomic E-state index is 2.47. The van der Waals surface area contributed by atoms with E-state index in [4.69, 9.17) is 0 Å². The van der Waals surface area contributed by atoms with Crippen LogP contribution in [0.15, 0.2) is 72.8 Å². The molecule has 0 aromatic heterocycles. The van der Waals surface area contributed by atoms with Gasteiger partial charge in [0.15, 0.2) is 0 Å². The topological polar surface area (TPSA) is 0 Å². The monoisotopic (exact) mass is 411 g/mol. The van der Waals surface area contributed by atoms with Gasteiger partial charge in [-0.2, -0.15) is 18.1 Å². The van der Waals surface area contributed by atoms with Crippen molar-refractivity contribution in [3.05, 3.63) is 107 Å². The average molecular weight is 413 g/mol. The molecule has 26 heavy (non-hydrogen) atoms. The molecular weight excluding hydrogens is 391 g/mol. The van der Waals surface area contributed by atoms with Gasteiger partial charge in [0, 0.05) is 26.2 Å². The van der Waals surface area contributed by atoms with Crippen molar-refractivity contribution in [3.63, 3.8) is 0 Å². The first-order valence-corrected chi connectivity index (χ1v) is 9.13. The van der Waals surface area contributed by atoms with Gasteiger partial charge in [0.1, 0.15) is 0 Å². The van der Waals surface area contributed by atoms with Crippen molar-refractivity contribution in [3.8, 4) is 11.1 Å². The smallest absolute Gasteiger partial charge is 0 e. The molecule has 3 aromatic carbocycles. The molecule has 0 heterocycles. The Morgan fingerprint density at radius 1 is 0.885 bits per heavy atom. The zero-order valence-corrected chi connectivity index (χ0v) is 17.4. The van der Waals surface area contributed by atoms with E-state index in [0.29, 0.717) is 11.8 Å². The van der Waals surface area contributed by atoms with Gasteiger partial charge in [-0.25, -0.2) is 0 Å². The van der Waals surface area contributed by atoms with E-state index < -0.39 is 0 Å². The Hall–Kier alpha value is -1.85. The SMILES string of the molecule is CC([CH-]c1cccc2c1Cc1ccccc1-2)C1C=Cc2ccccc21.[Zr]. The summed E-state index contributed by atoms with van der Waals surface area (Å²) in [7, 11) is 0. The molecule has 3 aromatic rings.